The van der Waals surface area contributed by atoms with Crippen LogP contribution in [0.5, 0.6) is 5.75 Å². The first-order valence-corrected chi connectivity index (χ1v) is 15.8. The number of rotatable bonds is 13. The van der Waals surface area contributed by atoms with Crippen molar-refractivity contribution in [2.24, 2.45) is 0 Å². The average molecular weight is 621 g/mol. The van der Waals surface area contributed by atoms with Gasteiger partial charge in [-0.05, 0) is 62.7 Å². The summed E-state index contributed by atoms with van der Waals surface area (Å²) in [6, 6.07) is 19.5. The molecule has 0 radical (unpaired) electrons. The van der Waals surface area contributed by atoms with Crippen LogP contribution in [0.1, 0.15) is 31.9 Å². The van der Waals surface area contributed by atoms with Gasteiger partial charge in [0.2, 0.25) is 21.8 Å². The first-order valence-electron chi connectivity index (χ1n) is 13.2. The van der Waals surface area contributed by atoms with E-state index in [1.165, 1.54) is 4.90 Å². The summed E-state index contributed by atoms with van der Waals surface area (Å²) < 4.78 is 32.3. The summed E-state index contributed by atoms with van der Waals surface area (Å²) in [5.41, 5.74) is 1.56. The number of hydrogen-bond acceptors (Lipinski definition) is 5. The third kappa shape index (κ3) is 9.11. The molecule has 0 aliphatic heterocycles. The van der Waals surface area contributed by atoms with E-state index < -0.39 is 28.5 Å². The fourth-order valence-electron chi connectivity index (χ4n) is 4.28. The molecule has 3 rings (SSSR count). The molecular weight excluding hydrogens is 585 g/mol. The number of ether oxygens (including phenoxy) is 1. The Morgan fingerprint density at radius 2 is 1.54 bits per heavy atom. The fourth-order valence-corrected chi connectivity index (χ4v) is 5.64. The van der Waals surface area contributed by atoms with Crippen LogP contribution in [0.15, 0.2) is 72.8 Å². The Balaban J connectivity index is 2.08. The van der Waals surface area contributed by atoms with Crippen molar-refractivity contribution in [3.63, 3.8) is 0 Å². The highest BCUT2D eigenvalue weighted by Crippen LogP contribution is 2.28. The fraction of sp³-hybridized carbons (Fsp3) is 0.333. The molecular formula is C30H35Cl2N3O5S. The van der Waals surface area contributed by atoms with Crippen molar-refractivity contribution in [3.05, 3.63) is 94.0 Å². The molecule has 3 aromatic rings. The van der Waals surface area contributed by atoms with Gasteiger partial charge in [0.1, 0.15) is 18.3 Å². The molecule has 0 fully saturated rings. The zero-order chi connectivity index (χ0) is 30.2. The molecule has 8 nitrogen and oxygen atoms in total. The van der Waals surface area contributed by atoms with Crippen molar-refractivity contribution in [2.75, 3.05) is 23.7 Å². The van der Waals surface area contributed by atoms with Crippen molar-refractivity contribution in [3.8, 4) is 5.75 Å². The van der Waals surface area contributed by atoms with E-state index >= 15 is 0 Å². The molecule has 41 heavy (non-hydrogen) atoms. The number of nitrogens with one attached hydrogen (secondary N) is 1. The highest BCUT2D eigenvalue weighted by Gasteiger charge is 2.34. The minimum atomic E-state index is -3.89. The Morgan fingerprint density at radius 1 is 0.927 bits per heavy atom. The SMILES string of the molecule is CCOc1ccc(N(CC(=O)N(Cc2c(Cl)cccc2Cl)[C@H](Cc2ccccc2)C(=O)NC(C)C)S(C)(=O)=O)cc1. The molecule has 2 amide bonds. The molecule has 0 spiro atoms. The first kappa shape index (κ1) is 32.2. The number of anilines is 1. The maximum atomic E-state index is 14.1. The highest BCUT2D eigenvalue weighted by atomic mass is 35.5. The summed E-state index contributed by atoms with van der Waals surface area (Å²) in [7, 11) is -3.89. The minimum Gasteiger partial charge on any atom is -0.494 e. The van der Waals surface area contributed by atoms with Gasteiger partial charge in [-0.1, -0.05) is 59.6 Å². The predicted molar refractivity (Wildman–Crippen MR) is 164 cm³/mol. The van der Waals surface area contributed by atoms with E-state index in [1.807, 2.05) is 51.1 Å². The lowest BCUT2D eigenvalue weighted by Gasteiger charge is -2.34. The summed E-state index contributed by atoms with van der Waals surface area (Å²) in [5.74, 6) is -0.410. The van der Waals surface area contributed by atoms with Crippen LogP contribution in [0.3, 0.4) is 0 Å². The van der Waals surface area contributed by atoms with E-state index in [-0.39, 0.29) is 30.6 Å². The normalized spacial score (nSPS) is 12.1. The molecule has 0 saturated carbocycles. The standard InChI is InChI=1S/C30H35Cl2N3O5S/c1-5-40-24-16-14-23(15-17-24)35(41(4,38)39)20-29(36)34(19-25-26(31)12-9-13-27(25)32)28(30(37)33-21(2)3)18-22-10-7-6-8-11-22/h6-17,21,28H,5,18-20H2,1-4H3,(H,33,37)/t28-/m1/s1. The molecule has 0 saturated heterocycles. The molecule has 11 heteroatoms. The smallest absolute Gasteiger partial charge is 0.244 e. The number of nitrogens with zero attached hydrogens (tertiary/aromatic N) is 2. The lowest BCUT2D eigenvalue weighted by molar-refractivity contribution is -0.140. The van der Waals surface area contributed by atoms with Crippen molar-refractivity contribution in [2.45, 2.75) is 45.8 Å². The predicted octanol–water partition coefficient (Wildman–Crippen LogP) is 5.32. The van der Waals surface area contributed by atoms with Crippen LogP contribution in [0.4, 0.5) is 5.69 Å². The van der Waals surface area contributed by atoms with E-state index in [2.05, 4.69) is 5.32 Å². The van der Waals surface area contributed by atoms with Gasteiger partial charge in [0.15, 0.2) is 0 Å². The maximum Gasteiger partial charge on any atom is 0.244 e. The van der Waals surface area contributed by atoms with E-state index in [9.17, 15) is 18.0 Å². The van der Waals surface area contributed by atoms with Crippen LogP contribution in [-0.4, -0.2) is 56.6 Å². The van der Waals surface area contributed by atoms with Gasteiger partial charge in [-0.15, -0.1) is 0 Å². The van der Waals surface area contributed by atoms with Crippen LogP contribution in [0, 0.1) is 0 Å². The first-order chi connectivity index (χ1) is 19.4. The van der Waals surface area contributed by atoms with E-state index in [0.29, 0.717) is 28.0 Å². The largest absolute Gasteiger partial charge is 0.494 e. The minimum absolute atomic E-state index is 0.110. The van der Waals surface area contributed by atoms with Gasteiger partial charge in [-0.25, -0.2) is 8.42 Å². The van der Waals surface area contributed by atoms with Gasteiger partial charge in [-0.2, -0.15) is 0 Å². The number of carbonyl (C=O) groups excluding carboxylic acids is 2. The number of amides is 2. The van der Waals surface area contributed by atoms with Crippen LogP contribution >= 0.6 is 23.2 Å². The van der Waals surface area contributed by atoms with Crippen molar-refractivity contribution in [1.82, 2.24) is 10.2 Å². The van der Waals surface area contributed by atoms with E-state index in [0.717, 1.165) is 16.1 Å². The highest BCUT2D eigenvalue weighted by molar-refractivity contribution is 7.92. The van der Waals surface area contributed by atoms with Crippen molar-refractivity contribution < 1.29 is 22.7 Å². The molecule has 0 unspecified atom stereocenters. The van der Waals surface area contributed by atoms with Crippen LogP contribution in [-0.2, 0) is 32.6 Å². The number of hydrogen-bond donors (Lipinski definition) is 1. The third-order valence-electron chi connectivity index (χ3n) is 6.21. The lowest BCUT2D eigenvalue weighted by Crippen LogP contribution is -2.54. The van der Waals surface area contributed by atoms with Gasteiger partial charge in [0.25, 0.3) is 0 Å². The Hall–Kier alpha value is -3.27. The van der Waals surface area contributed by atoms with Gasteiger partial charge in [-0.3, -0.25) is 13.9 Å². The molecule has 0 aliphatic carbocycles. The molecule has 0 bridgehead atoms. The average Bonchev–Trinajstić information content (AvgIpc) is 2.91. The molecule has 1 N–H and O–H groups in total. The van der Waals surface area contributed by atoms with E-state index in [1.54, 1.807) is 42.5 Å². The molecule has 220 valence electrons. The zero-order valence-electron chi connectivity index (χ0n) is 23.5. The molecule has 0 heterocycles. The molecule has 0 aliphatic rings. The number of carbonyl (C=O) groups is 2. The summed E-state index contributed by atoms with van der Waals surface area (Å²) in [4.78, 5) is 29.1. The summed E-state index contributed by atoms with van der Waals surface area (Å²) in [6.07, 6.45) is 1.22. The van der Waals surface area contributed by atoms with E-state index in [4.69, 9.17) is 27.9 Å². The lowest BCUT2D eigenvalue weighted by atomic mass is 10.0. The second kappa shape index (κ2) is 14.6. The molecule has 1 atom stereocenters. The summed E-state index contributed by atoms with van der Waals surface area (Å²) in [6.45, 7) is 5.29. The third-order valence-corrected chi connectivity index (χ3v) is 8.06. The van der Waals surface area contributed by atoms with Gasteiger partial charge >= 0.3 is 0 Å². The van der Waals surface area contributed by atoms with Crippen LogP contribution < -0.4 is 14.4 Å². The maximum absolute atomic E-state index is 14.1. The van der Waals surface area contributed by atoms with Crippen LogP contribution in [0.2, 0.25) is 10.0 Å². The Kier molecular flexibility index (Phi) is 11.5. The summed E-state index contributed by atoms with van der Waals surface area (Å²) >= 11 is 13.0. The monoisotopic (exact) mass is 619 g/mol. The zero-order valence-corrected chi connectivity index (χ0v) is 25.8. The van der Waals surface area contributed by atoms with Crippen molar-refractivity contribution >= 4 is 50.7 Å². The quantitative estimate of drug-likeness (QED) is 0.279. The van der Waals surface area contributed by atoms with Gasteiger partial charge in [0.05, 0.1) is 18.6 Å². The number of benzene rings is 3. The second-order valence-electron chi connectivity index (χ2n) is 9.79. The number of sulfonamides is 1. The second-order valence-corrected chi connectivity index (χ2v) is 12.5. The Bertz CT molecular complexity index is 1410. The van der Waals surface area contributed by atoms with Gasteiger partial charge in [0, 0.05) is 34.6 Å². The topological polar surface area (TPSA) is 96.0 Å². The Labute approximate surface area is 252 Å². The van der Waals surface area contributed by atoms with Gasteiger partial charge < -0.3 is 15.0 Å². The molecule has 0 aromatic heterocycles. The summed E-state index contributed by atoms with van der Waals surface area (Å²) in [5, 5.41) is 3.55. The van der Waals surface area contributed by atoms with Crippen LogP contribution in [0.25, 0.3) is 0 Å². The Morgan fingerprint density at radius 3 is 2.07 bits per heavy atom. The van der Waals surface area contributed by atoms with Crippen molar-refractivity contribution in [1.29, 1.82) is 0 Å². The molecule has 3 aromatic carbocycles. The number of halogens is 2.